The summed E-state index contributed by atoms with van der Waals surface area (Å²) in [5, 5.41) is 3.24. The molecule has 104 valence electrons. The van der Waals surface area contributed by atoms with Crippen LogP contribution in [0.4, 0.5) is 4.39 Å². The van der Waals surface area contributed by atoms with Crippen molar-refractivity contribution in [2.24, 2.45) is 0 Å². The third-order valence-corrected chi connectivity index (χ3v) is 4.39. The van der Waals surface area contributed by atoms with Gasteiger partial charge in [0.05, 0.1) is 0 Å². The van der Waals surface area contributed by atoms with Crippen LogP contribution in [0.15, 0.2) is 46.9 Å². The highest BCUT2D eigenvalue weighted by Crippen LogP contribution is 2.42. The monoisotopic (exact) mass is 335 g/mol. The van der Waals surface area contributed by atoms with Crippen LogP contribution in [0.2, 0.25) is 0 Å². The van der Waals surface area contributed by atoms with Crippen LogP contribution in [0.1, 0.15) is 29.7 Å². The van der Waals surface area contributed by atoms with Gasteiger partial charge in [-0.25, -0.2) is 4.39 Å². The standard InChI is InChI=1S/C16H15BrFNO/c1-19-14-9-16(11-4-2-3-5-13(11)17)20-15-7-6-10(18)8-12(14)15/h2-8,14,16,19H,9H2,1H3. The molecule has 0 amide bonds. The number of fused-ring (bicyclic) bond motifs is 1. The van der Waals surface area contributed by atoms with Crippen LogP contribution in [-0.2, 0) is 0 Å². The van der Waals surface area contributed by atoms with E-state index < -0.39 is 0 Å². The van der Waals surface area contributed by atoms with Gasteiger partial charge >= 0.3 is 0 Å². The Kier molecular flexibility index (Phi) is 3.76. The minimum atomic E-state index is -0.230. The lowest BCUT2D eigenvalue weighted by molar-refractivity contribution is 0.153. The quantitative estimate of drug-likeness (QED) is 0.879. The first-order valence-electron chi connectivity index (χ1n) is 6.57. The van der Waals surface area contributed by atoms with E-state index in [1.54, 1.807) is 12.1 Å². The molecule has 2 nitrogen and oxygen atoms in total. The van der Waals surface area contributed by atoms with E-state index in [2.05, 4.69) is 27.3 Å². The number of halogens is 2. The Morgan fingerprint density at radius 1 is 1.20 bits per heavy atom. The Morgan fingerprint density at radius 3 is 2.75 bits per heavy atom. The van der Waals surface area contributed by atoms with Crippen molar-refractivity contribution >= 4 is 15.9 Å². The van der Waals surface area contributed by atoms with E-state index in [0.717, 1.165) is 27.8 Å². The molecule has 0 aromatic heterocycles. The van der Waals surface area contributed by atoms with Gasteiger partial charge in [0.2, 0.25) is 0 Å². The van der Waals surface area contributed by atoms with E-state index in [9.17, 15) is 4.39 Å². The van der Waals surface area contributed by atoms with E-state index in [1.807, 2.05) is 25.2 Å². The van der Waals surface area contributed by atoms with Gasteiger partial charge in [-0.15, -0.1) is 0 Å². The van der Waals surface area contributed by atoms with Crippen LogP contribution in [-0.4, -0.2) is 7.05 Å². The fourth-order valence-corrected chi connectivity index (χ4v) is 3.18. The number of nitrogens with one attached hydrogen (secondary N) is 1. The van der Waals surface area contributed by atoms with Gasteiger partial charge in [-0.3, -0.25) is 0 Å². The predicted molar refractivity (Wildman–Crippen MR) is 80.3 cm³/mol. The summed E-state index contributed by atoms with van der Waals surface area (Å²) in [5.41, 5.74) is 2.00. The molecule has 4 heteroatoms. The summed E-state index contributed by atoms with van der Waals surface area (Å²) in [7, 11) is 1.89. The maximum absolute atomic E-state index is 13.4. The lowest BCUT2D eigenvalue weighted by Crippen LogP contribution is -2.27. The average molecular weight is 336 g/mol. The maximum atomic E-state index is 13.4. The van der Waals surface area contributed by atoms with E-state index in [-0.39, 0.29) is 18.0 Å². The van der Waals surface area contributed by atoms with Crippen LogP contribution in [0.25, 0.3) is 0 Å². The van der Waals surface area contributed by atoms with Crippen molar-refractivity contribution in [3.05, 3.63) is 63.9 Å². The second-order valence-corrected chi connectivity index (χ2v) is 5.74. The lowest BCUT2D eigenvalue weighted by Gasteiger charge is -2.32. The smallest absolute Gasteiger partial charge is 0.127 e. The summed E-state index contributed by atoms with van der Waals surface area (Å²) in [6, 6.07) is 12.8. The van der Waals surface area contributed by atoms with Crippen molar-refractivity contribution in [1.82, 2.24) is 5.32 Å². The third-order valence-electron chi connectivity index (χ3n) is 3.67. The number of benzene rings is 2. The van der Waals surface area contributed by atoms with Crippen molar-refractivity contribution in [3.8, 4) is 5.75 Å². The van der Waals surface area contributed by atoms with Gasteiger partial charge in [0.25, 0.3) is 0 Å². The molecule has 1 aliphatic heterocycles. The molecule has 1 N–H and O–H groups in total. The Balaban J connectivity index is 1.99. The summed E-state index contributed by atoms with van der Waals surface area (Å²) in [5.74, 6) is 0.518. The molecule has 2 aromatic rings. The van der Waals surface area contributed by atoms with Crippen LogP contribution in [0.3, 0.4) is 0 Å². The lowest BCUT2D eigenvalue weighted by atomic mass is 9.93. The molecule has 1 heterocycles. The zero-order chi connectivity index (χ0) is 14.1. The predicted octanol–water partition coefficient (Wildman–Crippen LogP) is 4.37. The highest BCUT2D eigenvalue weighted by Gasteiger charge is 2.29. The summed E-state index contributed by atoms with van der Waals surface area (Å²) in [6.07, 6.45) is 0.733. The zero-order valence-electron chi connectivity index (χ0n) is 11.1. The Morgan fingerprint density at radius 2 is 2.00 bits per heavy atom. The Hall–Kier alpha value is -1.39. The first-order chi connectivity index (χ1) is 9.69. The molecule has 0 aliphatic carbocycles. The van der Waals surface area contributed by atoms with Crippen molar-refractivity contribution in [2.75, 3.05) is 7.05 Å². The van der Waals surface area contributed by atoms with Crippen LogP contribution < -0.4 is 10.1 Å². The molecular weight excluding hydrogens is 321 g/mol. The van der Waals surface area contributed by atoms with Crippen molar-refractivity contribution in [3.63, 3.8) is 0 Å². The summed E-state index contributed by atoms with van der Waals surface area (Å²) in [6.45, 7) is 0. The molecule has 2 aromatic carbocycles. The molecule has 2 unspecified atom stereocenters. The van der Waals surface area contributed by atoms with Gasteiger partial charge in [-0.05, 0) is 31.3 Å². The fraction of sp³-hybridized carbons (Fsp3) is 0.250. The summed E-state index contributed by atoms with van der Waals surface area (Å²) < 4.78 is 20.5. The third kappa shape index (κ3) is 2.45. The largest absolute Gasteiger partial charge is 0.485 e. The number of ether oxygens (including phenoxy) is 1. The van der Waals surface area contributed by atoms with Crippen LogP contribution in [0.5, 0.6) is 5.75 Å². The van der Waals surface area contributed by atoms with Crippen LogP contribution in [0, 0.1) is 5.82 Å². The van der Waals surface area contributed by atoms with Gasteiger partial charge in [0, 0.05) is 28.1 Å². The van der Waals surface area contributed by atoms with E-state index in [1.165, 1.54) is 6.07 Å². The highest BCUT2D eigenvalue weighted by atomic mass is 79.9. The topological polar surface area (TPSA) is 21.3 Å². The first kappa shape index (κ1) is 13.6. The molecule has 0 bridgehead atoms. The second-order valence-electron chi connectivity index (χ2n) is 4.89. The van der Waals surface area contributed by atoms with Gasteiger partial charge < -0.3 is 10.1 Å². The molecule has 3 rings (SSSR count). The zero-order valence-corrected chi connectivity index (χ0v) is 12.7. The molecule has 0 fully saturated rings. The van der Waals surface area contributed by atoms with Crippen molar-refractivity contribution in [1.29, 1.82) is 0 Å². The minimum Gasteiger partial charge on any atom is -0.485 e. The molecule has 1 aliphatic rings. The van der Waals surface area contributed by atoms with Gasteiger partial charge in [0.15, 0.2) is 0 Å². The van der Waals surface area contributed by atoms with E-state index in [4.69, 9.17) is 4.74 Å². The molecular formula is C16H15BrFNO. The normalized spacial score (nSPS) is 21.1. The number of rotatable bonds is 2. The van der Waals surface area contributed by atoms with Crippen molar-refractivity contribution < 1.29 is 9.13 Å². The molecule has 0 radical (unpaired) electrons. The summed E-state index contributed by atoms with van der Waals surface area (Å²) >= 11 is 3.56. The van der Waals surface area contributed by atoms with Gasteiger partial charge in [-0.1, -0.05) is 34.1 Å². The molecule has 0 saturated heterocycles. The van der Waals surface area contributed by atoms with Gasteiger partial charge in [0.1, 0.15) is 17.7 Å². The number of hydrogen-bond acceptors (Lipinski definition) is 2. The van der Waals surface area contributed by atoms with E-state index >= 15 is 0 Å². The Labute approximate surface area is 126 Å². The first-order valence-corrected chi connectivity index (χ1v) is 7.36. The Bertz CT molecular complexity index is 632. The number of hydrogen-bond donors (Lipinski definition) is 1. The molecule has 0 spiro atoms. The van der Waals surface area contributed by atoms with E-state index in [0.29, 0.717) is 0 Å². The SMILES string of the molecule is CNC1CC(c2ccccc2Br)Oc2ccc(F)cc21. The second kappa shape index (κ2) is 5.54. The van der Waals surface area contributed by atoms with Gasteiger partial charge in [-0.2, -0.15) is 0 Å². The minimum absolute atomic E-state index is 0.0408. The van der Waals surface area contributed by atoms with Crippen LogP contribution >= 0.6 is 15.9 Å². The molecule has 20 heavy (non-hydrogen) atoms. The average Bonchev–Trinajstić information content (AvgIpc) is 2.46. The fourth-order valence-electron chi connectivity index (χ4n) is 2.64. The maximum Gasteiger partial charge on any atom is 0.127 e. The summed E-state index contributed by atoms with van der Waals surface area (Å²) in [4.78, 5) is 0. The molecule has 2 atom stereocenters. The van der Waals surface area contributed by atoms with Crippen molar-refractivity contribution in [2.45, 2.75) is 18.6 Å². The highest BCUT2D eigenvalue weighted by molar-refractivity contribution is 9.10. The molecule has 0 saturated carbocycles.